The molecule has 2 aromatic rings. The SMILES string of the molecule is Cc1cc(C)c(S(=O)(=O)N2CCN(c3cc(Cl)ccc3C)CC2)c(C)c1. The molecule has 0 N–H and O–H groups in total. The summed E-state index contributed by atoms with van der Waals surface area (Å²) in [6, 6.07) is 9.70. The van der Waals surface area contributed by atoms with Gasteiger partial charge < -0.3 is 4.90 Å². The van der Waals surface area contributed by atoms with E-state index < -0.39 is 10.0 Å². The normalized spacial score (nSPS) is 16.1. The summed E-state index contributed by atoms with van der Waals surface area (Å²) < 4.78 is 28.0. The topological polar surface area (TPSA) is 40.6 Å². The molecule has 0 saturated carbocycles. The van der Waals surface area contributed by atoms with E-state index in [4.69, 9.17) is 11.6 Å². The van der Waals surface area contributed by atoms with Crippen LogP contribution in [0, 0.1) is 27.7 Å². The second-order valence-electron chi connectivity index (χ2n) is 7.05. The van der Waals surface area contributed by atoms with E-state index in [9.17, 15) is 8.42 Å². The largest absolute Gasteiger partial charge is 0.369 e. The minimum atomic E-state index is -3.48. The van der Waals surface area contributed by atoms with Crippen LogP contribution in [0.5, 0.6) is 0 Å². The lowest BCUT2D eigenvalue weighted by Crippen LogP contribution is -2.49. The summed E-state index contributed by atoms with van der Waals surface area (Å²) in [7, 11) is -3.48. The number of hydrogen-bond acceptors (Lipinski definition) is 3. The molecule has 0 atom stereocenters. The van der Waals surface area contributed by atoms with Crippen molar-refractivity contribution in [1.82, 2.24) is 4.31 Å². The first-order valence-electron chi connectivity index (χ1n) is 8.79. The monoisotopic (exact) mass is 392 g/mol. The number of halogens is 1. The van der Waals surface area contributed by atoms with E-state index in [0.29, 0.717) is 36.1 Å². The number of sulfonamides is 1. The fourth-order valence-corrected chi connectivity index (χ4v) is 5.80. The Morgan fingerprint density at radius 1 is 0.846 bits per heavy atom. The summed E-state index contributed by atoms with van der Waals surface area (Å²) in [6.45, 7) is 10.0. The average Bonchev–Trinajstić information content (AvgIpc) is 2.56. The van der Waals surface area contributed by atoms with E-state index in [1.807, 2.05) is 58.0 Å². The van der Waals surface area contributed by atoms with Crippen LogP contribution in [0.3, 0.4) is 0 Å². The van der Waals surface area contributed by atoms with E-state index in [2.05, 4.69) is 4.90 Å². The number of anilines is 1. The molecule has 6 heteroatoms. The molecule has 0 bridgehead atoms. The van der Waals surface area contributed by atoms with Crippen LogP contribution >= 0.6 is 11.6 Å². The lowest BCUT2D eigenvalue weighted by molar-refractivity contribution is 0.384. The first-order valence-corrected chi connectivity index (χ1v) is 10.6. The van der Waals surface area contributed by atoms with Crippen LogP contribution < -0.4 is 4.90 Å². The average molecular weight is 393 g/mol. The van der Waals surface area contributed by atoms with Crippen LogP contribution in [0.15, 0.2) is 35.2 Å². The van der Waals surface area contributed by atoms with E-state index in [1.54, 1.807) is 4.31 Å². The standard InChI is InChI=1S/C20H25ClN2O2S/c1-14-11-16(3)20(17(4)12-14)26(24,25)23-9-7-22(8-10-23)19-13-18(21)6-5-15(19)2/h5-6,11-13H,7-10H2,1-4H3. The lowest BCUT2D eigenvalue weighted by Gasteiger charge is -2.36. The zero-order valence-electron chi connectivity index (χ0n) is 15.7. The predicted octanol–water partition coefficient (Wildman–Crippen LogP) is 4.08. The molecule has 140 valence electrons. The van der Waals surface area contributed by atoms with Gasteiger partial charge in [-0.3, -0.25) is 0 Å². The van der Waals surface area contributed by atoms with Gasteiger partial charge in [-0.1, -0.05) is 35.4 Å². The van der Waals surface area contributed by atoms with Gasteiger partial charge in [0.15, 0.2) is 0 Å². The third kappa shape index (κ3) is 3.61. The van der Waals surface area contributed by atoms with Gasteiger partial charge in [-0.25, -0.2) is 8.42 Å². The molecule has 1 fully saturated rings. The lowest BCUT2D eigenvalue weighted by atomic mass is 10.1. The zero-order chi connectivity index (χ0) is 19.1. The fourth-order valence-electron chi connectivity index (χ4n) is 3.80. The number of aryl methyl sites for hydroxylation is 4. The molecular formula is C20H25ClN2O2S. The molecule has 2 aromatic carbocycles. The molecule has 0 aliphatic carbocycles. The predicted molar refractivity (Wildman–Crippen MR) is 108 cm³/mol. The van der Waals surface area contributed by atoms with Gasteiger partial charge in [0, 0.05) is 36.9 Å². The maximum Gasteiger partial charge on any atom is 0.243 e. The summed E-state index contributed by atoms with van der Waals surface area (Å²) in [6.07, 6.45) is 0. The molecule has 4 nitrogen and oxygen atoms in total. The highest BCUT2D eigenvalue weighted by Crippen LogP contribution is 2.29. The second-order valence-corrected chi connectivity index (χ2v) is 9.36. The molecule has 0 spiro atoms. The Balaban J connectivity index is 1.82. The Bertz CT molecular complexity index is 910. The second kappa shape index (κ2) is 7.22. The van der Waals surface area contributed by atoms with Gasteiger partial charge >= 0.3 is 0 Å². The highest BCUT2D eigenvalue weighted by atomic mass is 35.5. The van der Waals surface area contributed by atoms with Crippen molar-refractivity contribution in [2.24, 2.45) is 0 Å². The minimum Gasteiger partial charge on any atom is -0.369 e. The molecule has 1 heterocycles. The smallest absolute Gasteiger partial charge is 0.243 e. The first-order chi connectivity index (χ1) is 12.2. The Labute approximate surface area is 161 Å². The van der Waals surface area contributed by atoms with E-state index in [1.165, 1.54) is 0 Å². The molecule has 0 amide bonds. The highest BCUT2D eigenvalue weighted by molar-refractivity contribution is 7.89. The first kappa shape index (κ1) is 19.2. The van der Waals surface area contributed by atoms with E-state index >= 15 is 0 Å². The van der Waals surface area contributed by atoms with Gasteiger partial charge in [-0.2, -0.15) is 4.31 Å². The van der Waals surface area contributed by atoms with Crippen molar-refractivity contribution in [2.45, 2.75) is 32.6 Å². The molecule has 3 rings (SSSR count). The summed E-state index contributed by atoms with van der Waals surface area (Å²) in [5.74, 6) is 0. The summed E-state index contributed by atoms with van der Waals surface area (Å²) in [5, 5.41) is 0.701. The highest BCUT2D eigenvalue weighted by Gasteiger charge is 2.31. The van der Waals surface area contributed by atoms with Crippen LogP contribution in [-0.4, -0.2) is 38.9 Å². The van der Waals surface area contributed by atoms with Crippen LogP contribution in [0.2, 0.25) is 5.02 Å². The fraction of sp³-hybridized carbons (Fsp3) is 0.400. The Kier molecular flexibility index (Phi) is 5.33. The van der Waals surface area contributed by atoms with Crippen molar-refractivity contribution in [3.63, 3.8) is 0 Å². The molecule has 26 heavy (non-hydrogen) atoms. The Morgan fingerprint density at radius 3 is 2.00 bits per heavy atom. The molecule has 1 saturated heterocycles. The number of hydrogen-bond donors (Lipinski definition) is 0. The van der Waals surface area contributed by atoms with Crippen LogP contribution in [0.25, 0.3) is 0 Å². The summed E-state index contributed by atoms with van der Waals surface area (Å²) in [5.41, 5.74) is 4.94. The Morgan fingerprint density at radius 2 is 1.42 bits per heavy atom. The van der Waals surface area contributed by atoms with Gasteiger partial charge in [0.2, 0.25) is 10.0 Å². The van der Waals surface area contributed by atoms with Crippen molar-refractivity contribution < 1.29 is 8.42 Å². The minimum absolute atomic E-state index is 0.454. The Hall–Kier alpha value is -1.56. The van der Waals surface area contributed by atoms with Crippen LogP contribution in [0.4, 0.5) is 5.69 Å². The maximum absolute atomic E-state index is 13.2. The molecule has 1 aliphatic rings. The van der Waals surface area contributed by atoms with Crippen LogP contribution in [0.1, 0.15) is 22.3 Å². The third-order valence-corrected chi connectivity index (χ3v) is 7.39. The van der Waals surface area contributed by atoms with Crippen LogP contribution in [-0.2, 0) is 10.0 Å². The van der Waals surface area contributed by atoms with Crippen molar-refractivity contribution in [2.75, 3.05) is 31.1 Å². The van der Waals surface area contributed by atoms with Gasteiger partial charge in [-0.15, -0.1) is 0 Å². The van der Waals surface area contributed by atoms with E-state index in [-0.39, 0.29) is 0 Å². The van der Waals surface area contributed by atoms with Crippen molar-refractivity contribution in [3.8, 4) is 0 Å². The van der Waals surface area contributed by atoms with Crippen molar-refractivity contribution in [1.29, 1.82) is 0 Å². The van der Waals surface area contributed by atoms with Gasteiger partial charge in [0.25, 0.3) is 0 Å². The molecular weight excluding hydrogens is 368 g/mol. The molecule has 0 radical (unpaired) electrons. The number of rotatable bonds is 3. The van der Waals surface area contributed by atoms with Gasteiger partial charge in [0.1, 0.15) is 0 Å². The van der Waals surface area contributed by atoms with Gasteiger partial charge in [-0.05, 0) is 56.5 Å². The number of nitrogens with zero attached hydrogens (tertiary/aromatic N) is 2. The summed E-state index contributed by atoms with van der Waals surface area (Å²) in [4.78, 5) is 2.66. The molecule has 0 unspecified atom stereocenters. The molecule has 0 aromatic heterocycles. The third-order valence-electron chi connectivity index (χ3n) is 4.95. The van der Waals surface area contributed by atoms with Crippen molar-refractivity contribution >= 4 is 27.3 Å². The number of benzene rings is 2. The zero-order valence-corrected chi connectivity index (χ0v) is 17.3. The quantitative estimate of drug-likeness (QED) is 0.790. The summed E-state index contributed by atoms with van der Waals surface area (Å²) >= 11 is 6.13. The van der Waals surface area contributed by atoms with E-state index in [0.717, 1.165) is 27.9 Å². The maximum atomic E-state index is 13.2. The van der Waals surface area contributed by atoms with Gasteiger partial charge in [0.05, 0.1) is 4.90 Å². The molecule has 1 aliphatic heterocycles. The number of piperazine rings is 1. The van der Waals surface area contributed by atoms with Crippen molar-refractivity contribution in [3.05, 3.63) is 57.6 Å².